The Morgan fingerprint density at radius 3 is 2.52 bits per heavy atom. The predicted molar refractivity (Wildman–Crippen MR) is 127 cm³/mol. The molecule has 0 radical (unpaired) electrons. The van der Waals surface area contributed by atoms with Crippen LogP contribution in [0.25, 0.3) is 6.08 Å². The molecule has 1 unspecified atom stereocenters. The lowest BCUT2D eigenvalue weighted by atomic mass is 9.95. The van der Waals surface area contributed by atoms with Crippen molar-refractivity contribution >= 4 is 40.8 Å². The molecule has 0 spiro atoms. The lowest BCUT2D eigenvalue weighted by molar-refractivity contribution is -0.133. The highest BCUT2D eigenvalue weighted by Gasteiger charge is 2.35. The lowest BCUT2D eigenvalue weighted by Gasteiger charge is -2.21. The third-order valence-electron chi connectivity index (χ3n) is 4.72. The van der Waals surface area contributed by atoms with Gasteiger partial charge in [-0.15, -0.1) is 0 Å². The zero-order chi connectivity index (χ0) is 24.8. The predicted octanol–water partition coefficient (Wildman–Crippen LogP) is 2.80. The fraction of sp³-hybridized carbons (Fsp3) is 0.478. The van der Waals surface area contributed by atoms with Gasteiger partial charge in [0.2, 0.25) is 11.8 Å². The summed E-state index contributed by atoms with van der Waals surface area (Å²) in [5.41, 5.74) is 0.0773. The highest BCUT2D eigenvalue weighted by molar-refractivity contribution is 8.18. The van der Waals surface area contributed by atoms with E-state index in [4.69, 9.17) is 9.47 Å². The summed E-state index contributed by atoms with van der Waals surface area (Å²) in [6.45, 7) is 9.31. The molecule has 1 saturated heterocycles. The van der Waals surface area contributed by atoms with Gasteiger partial charge in [-0.2, -0.15) is 0 Å². The number of carbonyl (C=O) groups is 4. The normalized spacial score (nSPS) is 16.1. The number of hydrogen-bond donors (Lipinski definition) is 2. The third-order valence-corrected chi connectivity index (χ3v) is 5.62. The Bertz CT molecular complexity index is 954. The number of nitrogens with one attached hydrogen (secondary N) is 2. The van der Waals surface area contributed by atoms with Crippen molar-refractivity contribution < 1.29 is 28.7 Å². The monoisotopic (exact) mass is 477 g/mol. The number of methoxy groups -OCH3 is 1. The zero-order valence-corrected chi connectivity index (χ0v) is 20.6. The first-order valence-electron chi connectivity index (χ1n) is 10.6. The van der Waals surface area contributed by atoms with Gasteiger partial charge in [0.05, 0.1) is 18.6 Å². The van der Waals surface area contributed by atoms with E-state index in [0.29, 0.717) is 23.7 Å². The van der Waals surface area contributed by atoms with Crippen LogP contribution in [0.3, 0.4) is 0 Å². The van der Waals surface area contributed by atoms with E-state index in [-0.39, 0.29) is 23.9 Å². The van der Waals surface area contributed by atoms with Gasteiger partial charge in [0.15, 0.2) is 11.5 Å². The van der Waals surface area contributed by atoms with Crippen LogP contribution in [-0.4, -0.2) is 60.7 Å². The Kier molecular flexibility index (Phi) is 8.92. The van der Waals surface area contributed by atoms with E-state index in [2.05, 4.69) is 10.6 Å². The van der Waals surface area contributed by atoms with Gasteiger partial charge in [-0.3, -0.25) is 24.1 Å². The van der Waals surface area contributed by atoms with Gasteiger partial charge >= 0.3 is 0 Å². The summed E-state index contributed by atoms with van der Waals surface area (Å²) in [7, 11) is 1.53. The summed E-state index contributed by atoms with van der Waals surface area (Å²) >= 11 is 0.838. The van der Waals surface area contributed by atoms with E-state index in [1.807, 2.05) is 6.92 Å². The molecule has 0 bridgehead atoms. The molecule has 1 atom stereocenters. The van der Waals surface area contributed by atoms with Gasteiger partial charge in [0.25, 0.3) is 11.1 Å². The molecule has 1 heterocycles. The summed E-state index contributed by atoms with van der Waals surface area (Å²) in [4.78, 5) is 50.6. The van der Waals surface area contributed by atoms with Crippen LogP contribution in [-0.2, 0) is 14.4 Å². The molecule has 1 aromatic carbocycles. The highest BCUT2D eigenvalue weighted by atomic mass is 32.2. The Balaban J connectivity index is 1.96. The second-order valence-corrected chi connectivity index (χ2v) is 9.41. The van der Waals surface area contributed by atoms with E-state index >= 15 is 0 Å². The number of thioether (sulfide) groups is 1. The minimum absolute atomic E-state index is 0.0281. The Labute approximate surface area is 198 Å². The van der Waals surface area contributed by atoms with Crippen LogP contribution in [0.2, 0.25) is 0 Å². The van der Waals surface area contributed by atoms with Gasteiger partial charge in [0.1, 0.15) is 6.04 Å². The van der Waals surface area contributed by atoms with Gasteiger partial charge in [-0.05, 0) is 49.4 Å². The molecule has 2 N–H and O–H groups in total. The molecule has 9 nitrogen and oxygen atoms in total. The lowest BCUT2D eigenvalue weighted by Crippen LogP contribution is -2.49. The topological polar surface area (TPSA) is 114 Å². The Morgan fingerprint density at radius 1 is 1.21 bits per heavy atom. The van der Waals surface area contributed by atoms with Gasteiger partial charge < -0.3 is 20.1 Å². The van der Waals surface area contributed by atoms with E-state index in [0.717, 1.165) is 16.7 Å². The molecule has 10 heteroatoms. The number of carbonyl (C=O) groups excluding carboxylic acids is 4. The summed E-state index contributed by atoms with van der Waals surface area (Å²) in [6, 6.07) is 4.51. The summed E-state index contributed by atoms with van der Waals surface area (Å²) in [5, 5.41) is 4.88. The van der Waals surface area contributed by atoms with Crippen LogP contribution in [0.4, 0.5) is 4.79 Å². The maximum Gasteiger partial charge on any atom is 0.293 e. The van der Waals surface area contributed by atoms with E-state index in [1.165, 1.54) is 7.11 Å². The van der Waals surface area contributed by atoms with Crippen LogP contribution in [0, 0.1) is 5.41 Å². The minimum Gasteiger partial charge on any atom is -0.493 e. The van der Waals surface area contributed by atoms with Crippen molar-refractivity contribution in [2.75, 3.05) is 26.8 Å². The van der Waals surface area contributed by atoms with Crippen LogP contribution < -0.4 is 20.1 Å². The van der Waals surface area contributed by atoms with Crippen LogP contribution in [0.15, 0.2) is 23.1 Å². The fourth-order valence-electron chi connectivity index (χ4n) is 2.82. The quantitative estimate of drug-likeness (QED) is 0.526. The largest absolute Gasteiger partial charge is 0.493 e. The maximum atomic E-state index is 12.7. The van der Waals surface area contributed by atoms with Crippen molar-refractivity contribution in [1.82, 2.24) is 15.5 Å². The number of benzene rings is 1. The first-order chi connectivity index (χ1) is 15.5. The molecule has 0 aromatic heterocycles. The molecule has 0 saturated carbocycles. The average molecular weight is 478 g/mol. The molecular weight excluding hydrogens is 446 g/mol. The fourth-order valence-corrected chi connectivity index (χ4v) is 3.68. The molecule has 1 aromatic rings. The van der Waals surface area contributed by atoms with Crippen molar-refractivity contribution in [3.05, 3.63) is 28.7 Å². The zero-order valence-electron chi connectivity index (χ0n) is 19.8. The SMILES string of the molecule is CCOc1ccc(/C=C2\SC(=O)N(CCNC(=O)C(C)NC(=O)C(C)(C)C)C2=O)cc1OC. The van der Waals surface area contributed by atoms with Crippen LogP contribution >= 0.6 is 11.8 Å². The number of rotatable bonds is 9. The molecule has 4 amide bonds. The molecule has 33 heavy (non-hydrogen) atoms. The van der Waals surface area contributed by atoms with Crippen LogP contribution in [0.5, 0.6) is 11.5 Å². The van der Waals surface area contributed by atoms with Gasteiger partial charge in [0, 0.05) is 18.5 Å². The molecule has 180 valence electrons. The molecule has 2 rings (SSSR count). The Morgan fingerprint density at radius 2 is 1.91 bits per heavy atom. The van der Waals surface area contributed by atoms with Crippen molar-refractivity contribution in [3.8, 4) is 11.5 Å². The van der Waals surface area contributed by atoms with Gasteiger partial charge in [-0.1, -0.05) is 26.8 Å². The number of ether oxygens (including phenoxy) is 2. The van der Waals surface area contributed by atoms with E-state index in [1.54, 1.807) is 52.0 Å². The maximum absolute atomic E-state index is 12.7. The Hall–Kier alpha value is -3.01. The number of imide groups is 1. The molecule has 1 aliphatic rings. The molecule has 1 fully saturated rings. The number of nitrogens with zero attached hydrogens (tertiary/aromatic N) is 1. The second kappa shape index (κ2) is 11.2. The van der Waals surface area contributed by atoms with E-state index in [9.17, 15) is 19.2 Å². The first-order valence-corrected chi connectivity index (χ1v) is 11.4. The average Bonchev–Trinajstić information content (AvgIpc) is 3.01. The second-order valence-electron chi connectivity index (χ2n) is 8.41. The van der Waals surface area contributed by atoms with Crippen molar-refractivity contribution in [2.45, 2.75) is 40.7 Å². The molecule has 0 aliphatic carbocycles. The summed E-state index contributed by atoms with van der Waals surface area (Å²) < 4.78 is 10.8. The standard InChI is InChI=1S/C23H31N3O6S/c1-7-32-16-9-8-15(12-17(16)31-6)13-18-20(28)26(22(30)33-18)11-10-24-19(27)14(2)25-21(29)23(3,4)5/h8-9,12-14H,7,10-11H2,1-6H3,(H,24,27)(H,25,29)/b18-13-. The first kappa shape index (κ1) is 26.2. The highest BCUT2D eigenvalue weighted by Crippen LogP contribution is 2.34. The summed E-state index contributed by atoms with van der Waals surface area (Å²) in [5.74, 6) is 0.0547. The van der Waals surface area contributed by atoms with Crippen LogP contribution in [0.1, 0.15) is 40.2 Å². The summed E-state index contributed by atoms with van der Waals surface area (Å²) in [6.07, 6.45) is 1.62. The van der Waals surface area contributed by atoms with Gasteiger partial charge in [-0.25, -0.2) is 0 Å². The third kappa shape index (κ3) is 6.98. The number of hydrogen-bond acceptors (Lipinski definition) is 7. The number of amides is 4. The molecular formula is C23H31N3O6S. The van der Waals surface area contributed by atoms with Crippen molar-refractivity contribution in [2.24, 2.45) is 5.41 Å². The smallest absolute Gasteiger partial charge is 0.293 e. The molecule has 1 aliphatic heterocycles. The van der Waals surface area contributed by atoms with Crippen molar-refractivity contribution in [1.29, 1.82) is 0 Å². The minimum atomic E-state index is -0.735. The van der Waals surface area contributed by atoms with Crippen molar-refractivity contribution in [3.63, 3.8) is 0 Å². The van der Waals surface area contributed by atoms with E-state index < -0.39 is 28.5 Å².